The highest BCUT2D eigenvalue weighted by Crippen LogP contribution is 2.34. The molecule has 0 radical (unpaired) electrons. The van der Waals surface area contributed by atoms with Crippen LogP contribution in [0, 0.1) is 11.3 Å². The van der Waals surface area contributed by atoms with Crippen molar-refractivity contribution >= 4 is 16.6 Å². The number of fused-ring (bicyclic) bond motifs is 1. The normalized spacial score (nSPS) is 22.6. The summed E-state index contributed by atoms with van der Waals surface area (Å²) in [7, 11) is 0. The third-order valence-electron chi connectivity index (χ3n) is 5.78. The number of rotatable bonds is 3. The number of aromatic nitrogens is 4. The fraction of sp³-hybridized carbons (Fsp3) is 0.476. The van der Waals surface area contributed by atoms with Gasteiger partial charge in [-0.25, -0.2) is 9.36 Å². The molecule has 2 aliphatic heterocycles. The van der Waals surface area contributed by atoms with Crippen molar-refractivity contribution in [3.63, 3.8) is 0 Å². The number of hydrogen-bond acceptors (Lipinski definition) is 6. The number of nitrogens with two attached hydrogens (primary N) is 1. The van der Waals surface area contributed by atoms with Gasteiger partial charge in [-0.2, -0.15) is 15.5 Å². The average Bonchev–Trinajstić information content (AvgIpc) is 3.40. The molecule has 2 aromatic heterocycles. The van der Waals surface area contributed by atoms with Gasteiger partial charge in [-0.1, -0.05) is 0 Å². The summed E-state index contributed by atoms with van der Waals surface area (Å²) in [5.74, 6) is 0. The Morgan fingerprint density at radius 2 is 1.83 bits per heavy atom. The molecule has 0 bridgehead atoms. The minimum Gasteiger partial charge on any atom is -0.398 e. The van der Waals surface area contributed by atoms with Crippen LogP contribution >= 0.6 is 0 Å². The van der Waals surface area contributed by atoms with E-state index in [1.54, 1.807) is 10.9 Å². The zero-order valence-corrected chi connectivity index (χ0v) is 16.3. The predicted molar refractivity (Wildman–Crippen MR) is 108 cm³/mol. The molecule has 2 unspecified atom stereocenters. The monoisotopic (exact) mass is 392 g/mol. The summed E-state index contributed by atoms with van der Waals surface area (Å²) < 4.78 is 15.4. The van der Waals surface area contributed by atoms with Crippen LogP contribution in [0.2, 0.25) is 0 Å². The fourth-order valence-corrected chi connectivity index (χ4v) is 4.24. The summed E-state index contributed by atoms with van der Waals surface area (Å²) in [5, 5.41) is 19.6. The molecule has 2 atom stereocenters. The highest BCUT2D eigenvalue weighted by molar-refractivity contribution is 5.95. The van der Waals surface area contributed by atoms with E-state index in [0.29, 0.717) is 11.4 Å². The van der Waals surface area contributed by atoms with Crippen LogP contribution in [-0.2, 0) is 9.47 Å². The Hall–Kier alpha value is -2.89. The molecular weight excluding hydrogens is 368 g/mol. The highest BCUT2D eigenvalue weighted by Gasteiger charge is 2.23. The van der Waals surface area contributed by atoms with Gasteiger partial charge in [0.15, 0.2) is 11.9 Å². The summed E-state index contributed by atoms with van der Waals surface area (Å²) in [4.78, 5) is 0. The minimum absolute atomic E-state index is 0.0790. The quantitative estimate of drug-likeness (QED) is 0.681. The number of nitriles is 1. The van der Waals surface area contributed by atoms with E-state index < -0.39 is 0 Å². The summed E-state index contributed by atoms with van der Waals surface area (Å²) in [6, 6.07) is 6.13. The molecule has 2 aliphatic rings. The predicted octanol–water partition coefficient (Wildman–Crippen LogP) is 3.75. The Labute approximate surface area is 168 Å². The Bertz CT molecular complexity index is 1070. The molecule has 1 aromatic carbocycles. The average molecular weight is 392 g/mol. The fourth-order valence-electron chi connectivity index (χ4n) is 4.24. The second-order valence-electron chi connectivity index (χ2n) is 7.71. The lowest BCUT2D eigenvalue weighted by Crippen LogP contribution is -2.19. The molecule has 2 saturated heterocycles. The number of benzene rings is 1. The first kappa shape index (κ1) is 18.2. The molecule has 2 fully saturated rings. The zero-order valence-electron chi connectivity index (χ0n) is 16.3. The molecule has 150 valence electrons. The van der Waals surface area contributed by atoms with Gasteiger partial charge < -0.3 is 15.2 Å². The second kappa shape index (κ2) is 7.50. The van der Waals surface area contributed by atoms with Crippen molar-refractivity contribution in [2.75, 3.05) is 18.9 Å². The van der Waals surface area contributed by atoms with Gasteiger partial charge >= 0.3 is 0 Å². The van der Waals surface area contributed by atoms with Crippen molar-refractivity contribution < 1.29 is 9.47 Å². The van der Waals surface area contributed by atoms with Crippen LogP contribution in [0.1, 0.15) is 56.7 Å². The third-order valence-corrected chi connectivity index (χ3v) is 5.78. The van der Waals surface area contributed by atoms with Crippen LogP contribution in [0.25, 0.3) is 22.0 Å². The molecule has 0 spiro atoms. The maximum Gasteiger partial charge on any atom is 0.170 e. The number of nitrogen functional groups attached to an aromatic ring is 1. The van der Waals surface area contributed by atoms with Crippen LogP contribution in [-0.4, -0.2) is 32.8 Å². The van der Waals surface area contributed by atoms with E-state index in [9.17, 15) is 5.26 Å². The molecular formula is C21H24N6O2. The van der Waals surface area contributed by atoms with Gasteiger partial charge in [0.1, 0.15) is 12.3 Å². The molecule has 0 amide bonds. The topological polar surface area (TPSA) is 104 Å². The van der Waals surface area contributed by atoms with Crippen molar-refractivity contribution in [2.45, 2.75) is 51.0 Å². The summed E-state index contributed by atoms with van der Waals surface area (Å²) in [6.45, 7) is 1.47. The van der Waals surface area contributed by atoms with E-state index in [2.05, 4.69) is 16.3 Å². The van der Waals surface area contributed by atoms with Crippen LogP contribution < -0.4 is 5.73 Å². The van der Waals surface area contributed by atoms with Crippen molar-refractivity contribution in [3.8, 4) is 17.2 Å². The third kappa shape index (κ3) is 3.26. The van der Waals surface area contributed by atoms with E-state index in [-0.39, 0.29) is 12.5 Å². The first-order valence-corrected chi connectivity index (χ1v) is 10.2. The standard InChI is InChI=1S/C21H24N6O2/c22-11-18-16(13-26(25-18)20-5-1-3-7-28-20)14-9-17(23)15-12-24-27(19(15)10-14)21-6-2-4-8-29-21/h9-10,12-13,20-21H,1-8,23H2. The number of anilines is 1. The van der Waals surface area contributed by atoms with Crippen LogP contribution in [0.3, 0.4) is 0 Å². The maximum atomic E-state index is 9.66. The summed E-state index contributed by atoms with van der Waals surface area (Å²) in [5.41, 5.74) is 9.88. The highest BCUT2D eigenvalue weighted by atomic mass is 16.5. The summed E-state index contributed by atoms with van der Waals surface area (Å²) >= 11 is 0. The largest absolute Gasteiger partial charge is 0.398 e. The van der Waals surface area contributed by atoms with Gasteiger partial charge in [0, 0.05) is 36.0 Å². The summed E-state index contributed by atoms with van der Waals surface area (Å²) in [6.07, 6.45) is 9.68. The van der Waals surface area contributed by atoms with E-state index >= 15 is 0 Å². The Kier molecular flexibility index (Phi) is 4.70. The number of ether oxygens (including phenoxy) is 2. The molecule has 0 aliphatic carbocycles. The molecule has 8 nitrogen and oxygen atoms in total. The zero-order chi connectivity index (χ0) is 19.8. The Balaban J connectivity index is 1.58. The Morgan fingerprint density at radius 3 is 2.52 bits per heavy atom. The smallest absolute Gasteiger partial charge is 0.170 e. The van der Waals surface area contributed by atoms with Crippen molar-refractivity contribution in [1.82, 2.24) is 19.6 Å². The van der Waals surface area contributed by atoms with Crippen LogP contribution in [0.4, 0.5) is 5.69 Å². The Morgan fingerprint density at radius 1 is 1.07 bits per heavy atom. The molecule has 3 aromatic rings. The maximum absolute atomic E-state index is 9.66. The molecule has 4 heterocycles. The molecule has 29 heavy (non-hydrogen) atoms. The first-order valence-electron chi connectivity index (χ1n) is 10.2. The molecule has 0 saturated carbocycles. The molecule has 8 heteroatoms. The molecule has 5 rings (SSSR count). The van der Waals surface area contributed by atoms with Crippen molar-refractivity contribution in [3.05, 3.63) is 30.2 Å². The lowest BCUT2D eigenvalue weighted by molar-refractivity contribution is -0.0395. The SMILES string of the molecule is N#Cc1nn(C2CCCCO2)cc1-c1cc(N)c2cnn(C3CCCCO3)c2c1. The lowest BCUT2D eigenvalue weighted by atomic mass is 10.0. The van der Waals surface area contributed by atoms with Gasteiger partial charge in [-0.15, -0.1) is 0 Å². The number of nitrogens with zero attached hydrogens (tertiary/aromatic N) is 5. The van der Waals surface area contributed by atoms with Crippen molar-refractivity contribution in [1.29, 1.82) is 5.26 Å². The van der Waals surface area contributed by atoms with Crippen molar-refractivity contribution in [2.24, 2.45) is 0 Å². The van der Waals surface area contributed by atoms with Gasteiger partial charge in [0.2, 0.25) is 0 Å². The minimum atomic E-state index is -0.119. The van der Waals surface area contributed by atoms with E-state index in [4.69, 9.17) is 15.2 Å². The van der Waals surface area contributed by atoms with E-state index in [0.717, 1.165) is 73.8 Å². The van der Waals surface area contributed by atoms with Gasteiger partial charge in [0.05, 0.1) is 11.7 Å². The van der Waals surface area contributed by atoms with Gasteiger partial charge in [-0.05, 0) is 56.2 Å². The lowest BCUT2D eigenvalue weighted by Gasteiger charge is -2.23. The van der Waals surface area contributed by atoms with Gasteiger partial charge in [-0.3, -0.25) is 0 Å². The van der Waals surface area contributed by atoms with Crippen LogP contribution in [0.5, 0.6) is 0 Å². The molecule has 2 N–H and O–H groups in total. The van der Waals surface area contributed by atoms with E-state index in [1.807, 2.05) is 23.0 Å². The van der Waals surface area contributed by atoms with Crippen LogP contribution in [0.15, 0.2) is 24.5 Å². The second-order valence-corrected chi connectivity index (χ2v) is 7.71. The first-order chi connectivity index (χ1) is 14.2. The van der Waals surface area contributed by atoms with E-state index in [1.165, 1.54) is 0 Å². The number of hydrogen-bond donors (Lipinski definition) is 1. The van der Waals surface area contributed by atoms with Gasteiger partial charge in [0.25, 0.3) is 0 Å².